The lowest BCUT2D eigenvalue weighted by molar-refractivity contribution is -0.125. The highest BCUT2D eigenvalue weighted by atomic mass is 16.5. The number of fused-ring (bicyclic) bond motifs is 1. The van der Waals surface area contributed by atoms with Crippen molar-refractivity contribution < 1.29 is 14.6 Å². The Kier molecular flexibility index (Phi) is 3.78. The lowest BCUT2D eigenvalue weighted by Gasteiger charge is -2.33. The molecule has 0 saturated heterocycles. The van der Waals surface area contributed by atoms with Crippen LogP contribution in [-0.2, 0) is 4.79 Å². The van der Waals surface area contributed by atoms with E-state index in [4.69, 9.17) is 10.5 Å². The van der Waals surface area contributed by atoms with Crippen molar-refractivity contribution in [3.05, 3.63) is 23.8 Å². The van der Waals surface area contributed by atoms with Crippen LogP contribution in [0.5, 0.6) is 5.75 Å². The number of nitrogens with zero attached hydrogens (tertiary/aromatic N) is 1. The summed E-state index contributed by atoms with van der Waals surface area (Å²) in [4.78, 5) is 13.7. The third-order valence-corrected chi connectivity index (χ3v) is 3.35. The highest BCUT2D eigenvalue weighted by molar-refractivity contribution is 5.99. The summed E-state index contributed by atoms with van der Waals surface area (Å²) >= 11 is 0. The van der Waals surface area contributed by atoms with E-state index in [1.807, 2.05) is 6.92 Å². The van der Waals surface area contributed by atoms with Gasteiger partial charge in [0, 0.05) is 12.6 Å². The quantitative estimate of drug-likeness (QED) is 0.860. The number of amides is 1. The number of anilines is 1. The Morgan fingerprint density at radius 3 is 2.79 bits per heavy atom. The third kappa shape index (κ3) is 2.43. The molecule has 5 heteroatoms. The molecule has 104 valence electrons. The largest absolute Gasteiger partial charge is 0.479 e. The van der Waals surface area contributed by atoms with E-state index in [1.165, 1.54) is 0 Å². The minimum atomic E-state index is -0.751. The number of ether oxygens (including phenoxy) is 1. The van der Waals surface area contributed by atoms with Crippen LogP contribution >= 0.6 is 0 Å². The van der Waals surface area contributed by atoms with Gasteiger partial charge in [-0.25, -0.2) is 0 Å². The Morgan fingerprint density at radius 1 is 1.53 bits per heavy atom. The zero-order valence-electron chi connectivity index (χ0n) is 11.5. The van der Waals surface area contributed by atoms with E-state index >= 15 is 0 Å². The van der Waals surface area contributed by atoms with Crippen LogP contribution in [0.3, 0.4) is 0 Å². The van der Waals surface area contributed by atoms with Crippen LogP contribution in [0.25, 0.3) is 0 Å². The molecule has 0 fully saturated rings. The molecule has 1 aliphatic rings. The normalized spacial score (nSPS) is 21.6. The Balaban J connectivity index is 2.43. The topological polar surface area (TPSA) is 75.8 Å². The van der Waals surface area contributed by atoms with Gasteiger partial charge in [0.15, 0.2) is 6.10 Å². The Bertz CT molecular complexity index is 488. The maximum atomic E-state index is 12.0. The van der Waals surface area contributed by atoms with Gasteiger partial charge in [0.05, 0.1) is 11.8 Å². The Morgan fingerprint density at radius 2 is 2.21 bits per heavy atom. The van der Waals surface area contributed by atoms with Crippen molar-refractivity contribution in [1.29, 1.82) is 0 Å². The van der Waals surface area contributed by atoms with Gasteiger partial charge < -0.3 is 20.5 Å². The number of aliphatic hydroxyl groups excluding tert-OH is 1. The molecule has 19 heavy (non-hydrogen) atoms. The van der Waals surface area contributed by atoms with Crippen molar-refractivity contribution in [2.24, 2.45) is 5.73 Å². The van der Waals surface area contributed by atoms with Crippen molar-refractivity contribution >= 4 is 11.6 Å². The predicted octanol–water partition coefficient (Wildman–Crippen LogP) is 1.20. The molecule has 1 aromatic carbocycles. The van der Waals surface area contributed by atoms with E-state index in [2.05, 4.69) is 0 Å². The monoisotopic (exact) mass is 264 g/mol. The maximum Gasteiger partial charge on any atom is 0.267 e. The van der Waals surface area contributed by atoms with Gasteiger partial charge in [0.2, 0.25) is 0 Å². The van der Waals surface area contributed by atoms with Gasteiger partial charge in [-0.1, -0.05) is 6.07 Å². The molecule has 0 radical (unpaired) electrons. The molecule has 3 unspecified atom stereocenters. The highest BCUT2D eigenvalue weighted by Gasteiger charge is 2.31. The number of likely N-dealkylation sites (N-methyl/N-ethyl adjacent to an activating group) is 1. The average Bonchev–Trinajstić information content (AvgIpc) is 2.39. The molecule has 1 aliphatic heterocycles. The summed E-state index contributed by atoms with van der Waals surface area (Å²) in [5.41, 5.74) is 7.09. The first-order valence-electron chi connectivity index (χ1n) is 6.51. The van der Waals surface area contributed by atoms with Crippen molar-refractivity contribution in [3.8, 4) is 5.75 Å². The van der Waals surface area contributed by atoms with E-state index in [9.17, 15) is 9.90 Å². The van der Waals surface area contributed by atoms with Crippen LogP contribution in [0, 0.1) is 0 Å². The summed E-state index contributed by atoms with van der Waals surface area (Å²) in [7, 11) is 0. The fourth-order valence-electron chi connectivity index (χ4n) is 2.24. The summed E-state index contributed by atoms with van der Waals surface area (Å²) in [6, 6.07) is 4.97. The van der Waals surface area contributed by atoms with Crippen LogP contribution in [0.1, 0.15) is 32.4 Å². The van der Waals surface area contributed by atoms with Gasteiger partial charge in [0.25, 0.3) is 5.91 Å². The molecule has 3 atom stereocenters. The summed E-state index contributed by atoms with van der Waals surface area (Å²) in [6.45, 7) is 5.95. The molecule has 1 amide bonds. The van der Waals surface area contributed by atoms with Gasteiger partial charge in [-0.2, -0.15) is 0 Å². The van der Waals surface area contributed by atoms with E-state index in [0.29, 0.717) is 23.5 Å². The molecule has 0 bridgehead atoms. The summed E-state index contributed by atoms with van der Waals surface area (Å²) in [6.07, 6.45) is -1.23. The Labute approximate surface area is 113 Å². The van der Waals surface area contributed by atoms with E-state index in [-0.39, 0.29) is 11.9 Å². The number of benzene rings is 1. The first kappa shape index (κ1) is 13.8. The summed E-state index contributed by atoms with van der Waals surface area (Å²) < 4.78 is 5.57. The van der Waals surface area contributed by atoms with Crippen LogP contribution in [-0.4, -0.2) is 29.7 Å². The minimum absolute atomic E-state index is 0.0672. The highest BCUT2D eigenvalue weighted by Crippen LogP contribution is 2.36. The lowest BCUT2D eigenvalue weighted by Crippen LogP contribution is -2.44. The second-order valence-electron chi connectivity index (χ2n) is 4.87. The van der Waals surface area contributed by atoms with Gasteiger partial charge in [-0.3, -0.25) is 4.79 Å². The number of aliphatic hydroxyl groups is 1. The predicted molar refractivity (Wildman–Crippen MR) is 73.2 cm³/mol. The molecular weight excluding hydrogens is 244 g/mol. The third-order valence-electron chi connectivity index (χ3n) is 3.35. The number of rotatable bonds is 3. The fourth-order valence-corrected chi connectivity index (χ4v) is 2.24. The smallest absolute Gasteiger partial charge is 0.267 e. The molecule has 1 aromatic rings. The molecular formula is C14H20N2O3. The van der Waals surface area contributed by atoms with Gasteiger partial charge in [-0.05, 0) is 38.5 Å². The van der Waals surface area contributed by atoms with Crippen molar-refractivity contribution in [3.63, 3.8) is 0 Å². The van der Waals surface area contributed by atoms with Crippen LogP contribution < -0.4 is 15.4 Å². The molecule has 0 saturated carbocycles. The Hall–Kier alpha value is -1.59. The number of carbonyl (C=O) groups excluding carboxylic acids is 1. The van der Waals surface area contributed by atoms with E-state index in [1.54, 1.807) is 36.9 Å². The van der Waals surface area contributed by atoms with Gasteiger partial charge in [-0.15, -0.1) is 0 Å². The molecule has 3 N–H and O–H groups in total. The van der Waals surface area contributed by atoms with Crippen LogP contribution in [0.4, 0.5) is 5.69 Å². The second-order valence-corrected chi connectivity index (χ2v) is 4.87. The summed E-state index contributed by atoms with van der Waals surface area (Å²) in [5.74, 6) is 0.594. The van der Waals surface area contributed by atoms with Crippen molar-refractivity contribution in [2.45, 2.75) is 39.0 Å². The zero-order chi connectivity index (χ0) is 14.2. The fraction of sp³-hybridized carbons (Fsp3) is 0.500. The number of hydrogen-bond donors (Lipinski definition) is 2. The first-order valence-corrected chi connectivity index (χ1v) is 6.51. The minimum Gasteiger partial charge on any atom is -0.479 e. The lowest BCUT2D eigenvalue weighted by atomic mass is 10.0. The number of hydrogen-bond acceptors (Lipinski definition) is 4. The molecule has 5 nitrogen and oxygen atoms in total. The van der Waals surface area contributed by atoms with Crippen LogP contribution in [0.2, 0.25) is 0 Å². The first-order chi connectivity index (χ1) is 8.95. The zero-order valence-corrected chi connectivity index (χ0v) is 11.5. The standard InChI is InChI=1S/C14H20N2O3/c1-4-16-11-7-10(13(17)8(2)15)5-6-12(11)19-9(3)14(16)18/h5-9,13,17H,4,15H2,1-3H3. The summed E-state index contributed by atoms with van der Waals surface area (Å²) in [5, 5.41) is 10.0. The van der Waals surface area contributed by atoms with Crippen molar-refractivity contribution in [2.75, 3.05) is 11.4 Å². The molecule has 2 rings (SSSR count). The van der Waals surface area contributed by atoms with Crippen molar-refractivity contribution in [1.82, 2.24) is 0 Å². The number of nitrogens with two attached hydrogens (primary N) is 1. The SMILES string of the molecule is CCN1C(=O)C(C)Oc2ccc(C(O)C(C)N)cc21. The molecule has 0 spiro atoms. The second kappa shape index (κ2) is 5.19. The van der Waals surface area contributed by atoms with Gasteiger partial charge >= 0.3 is 0 Å². The molecule has 0 aromatic heterocycles. The van der Waals surface area contributed by atoms with Crippen LogP contribution in [0.15, 0.2) is 18.2 Å². The van der Waals surface area contributed by atoms with E-state index in [0.717, 1.165) is 0 Å². The number of carbonyl (C=O) groups is 1. The van der Waals surface area contributed by atoms with Gasteiger partial charge in [0.1, 0.15) is 5.75 Å². The molecule has 0 aliphatic carbocycles. The van der Waals surface area contributed by atoms with E-state index < -0.39 is 12.2 Å². The maximum absolute atomic E-state index is 12.0. The molecule has 1 heterocycles. The average molecular weight is 264 g/mol.